The van der Waals surface area contributed by atoms with Gasteiger partial charge in [0.25, 0.3) is 5.91 Å². The Morgan fingerprint density at radius 1 is 1.19 bits per heavy atom. The van der Waals surface area contributed by atoms with Crippen LogP contribution in [0.1, 0.15) is 34.9 Å². The van der Waals surface area contributed by atoms with Gasteiger partial charge < -0.3 is 19.1 Å². The molecule has 2 heterocycles. The van der Waals surface area contributed by atoms with Gasteiger partial charge in [0.2, 0.25) is 0 Å². The van der Waals surface area contributed by atoms with Crippen molar-refractivity contribution >= 4 is 11.9 Å². The minimum Gasteiger partial charge on any atom is -0.497 e. The minimum atomic E-state index is -0.612. The van der Waals surface area contributed by atoms with Gasteiger partial charge in [-0.2, -0.15) is 0 Å². The van der Waals surface area contributed by atoms with Crippen molar-refractivity contribution in [3.8, 4) is 11.5 Å². The molecule has 7 heteroatoms. The minimum absolute atomic E-state index is 0.142. The summed E-state index contributed by atoms with van der Waals surface area (Å²) in [6, 6.07) is 10.3. The van der Waals surface area contributed by atoms with Crippen molar-refractivity contribution in [1.29, 1.82) is 0 Å². The highest BCUT2D eigenvalue weighted by Gasteiger charge is 2.32. The lowest BCUT2D eigenvalue weighted by atomic mass is 10.0. The summed E-state index contributed by atoms with van der Waals surface area (Å²) in [6.07, 6.45) is 3.18. The van der Waals surface area contributed by atoms with Crippen LogP contribution in [0.4, 0.5) is 0 Å². The van der Waals surface area contributed by atoms with E-state index >= 15 is 0 Å². The van der Waals surface area contributed by atoms with E-state index < -0.39 is 5.97 Å². The number of carbonyl (C=O) groups excluding carboxylic acids is 2. The van der Waals surface area contributed by atoms with Gasteiger partial charge in [-0.05, 0) is 43.2 Å². The van der Waals surface area contributed by atoms with Gasteiger partial charge in [0.1, 0.15) is 17.2 Å². The van der Waals surface area contributed by atoms with E-state index in [1.54, 1.807) is 37.3 Å². The van der Waals surface area contributed by atoms with Crippen molar-refractivity contribution in [3.63, 3.8) is 0 Å². The second kappa shape index (κ2) is 8.53. The number of amides is 1. The van der Waals surface area contributed by atoms with E-state index in [2.05, 4.69) is 4.98 Å². The van der Waals surface area contributed by atoms with Crippen LogP contribution in [-0.2, 0) is 9.53 Å². The van der Waals surface area contributed by atoms with Gasteiger partial charge in [-0.3, -0.25) is 4.79 Å². The third-order valence-electron chi connectivity index (χ3n) is 4.57. The van der Waals surface area contributed by atoms with E-state index in [-0.39, 0.29) is 24.2 Å². The zero-order valence-electron chi connectivity index (χ0n) is 15.4. The van der Waals surface area contributed by atoms with Crippen molar-refractivity contribution in [3.05, 3.63) is 53.9 Å². The first kappa shape index (κ1) is 18.7. The number of carbonyl (C=O) groups is 2. The van der Waals surface area contributed by atoms with Gasteiger partial charge in [0.05, 0.1) is 20.3 Å². The highest BCUT2D eigenvalue weighted by molar-refractivity contribution is 5.89. The molecule has 142 valence electrons. The van der Waals surface area contributed by atoms with Crippen LogP contribution in [0.5, 0.6) is 11.5 Å². The number of hydrogen-bond acceptors (Lipinski definition) is 6. The normalized spacial score (nSPS) is 16.1. The molecule has 3 rings (SSSR count). The lowest BCUT2D eigenvalue weighted by Crippen LogP contribution is -2.34. The molecule has 27 heavy (non-hydrogen) atoms. The Balaban J connectivity index is 1.71. The highest BCUT2D eigenvalue weighted by Crippen LogP contribution is 2.38. The second-order valence-corrected chi connectivity index (χ2v) is 6.14. The first-order valence-electron chi connectivity index (χ1n) is 8.73. The molecule has 0 N–H and O–H groups in total. The Morgan fingerprint density at radius 3 is 2.74 bits per heavy atom. The van der Waals surface area contributed by atoms with Gasteiger partial charge in [-0.15, -0.1) is 0 Å². The van der Waals surface area contributed by atoms with Gasteiger partial charge in [-0.25, -0.2) is 9.78 Å². The lowest BCUT2D eigenvalue weighted by molar-refractivity contribution is -0.135. The summed E-state index contributed by atoms with van der Waals surface area (Å²) in [7, 11) is 3.20. The topological polar surface area (TPSA) is 78.0 Å². The Hall–Kier alpha value is -3.09. The molecule has 1 fully saturated rings. The predicted octanol–water partition coefficient (Wildman–Crippen LogP) is 2.62. The molecule has 0 saturated carbocycles. The molecule has 1 aliphatic rings. The maximum Gasteiger partial charge on any atom is 0.357 e. The van der Waals surface area contributed by atoms with E-state index in [4.69, 9.17) is 14.2 Å². The standard InChI is InChI=1S/C20H22N2O5/c1-25-14-8-9-18(26-2)15(12-14)17-7-5-11-22(17)19(23)13-27-20(24)16-6-3-4-10-21-16/h3-4,6,8-10,12,17H,5,7,11,13H2,1-2H3/t17-/m1/s1. The number of esters is 1. The van der Waals surface area contributed by atoms with Crippen LogP contribution in [0.3, 0.4) is 0 Å². The van der Waals surface area contributed by atoms with E-state index in [0.717, 1.165) is 18.4 Å². The highest BCUT2D eigenvalue weighted by atomic mass is 16.5. The summed E-state index contributed by atoms with van der Waals surface area (Å²) in [6.45, 7) is 0.281. The van der Waals surface area contributed by atoms with E-state index in [0.29, 0.717) is 18.0 Å². The van der Waals surface area contributed by atoms with Gasteiger partial charge in [0, 0.05) is 18.3 Å². The van der Waals surface area contributed by atoms with Crippen molar-refractivity contribution < 1.29 is 23.8 Å². The van der Waals surface area contributed by atoms with E-state index in [1.165, 1.54) is 6.20 Å². The van der Waals surface area contributed by atoms with Crippen LogP contribution >= 0.6 is 0 Å². The number of pyridine rings is 1. The first-order valence-corrected chi connectivity index (χ1v) is 8.73. The Bertz CT molecular complexity index is 809. The smallest absolute Gasteiger partial charge is 0.357 e. The number of nitrogens with zero attached hydrogens (tertiary/aromatic N) is 2. The number of rotatable bonds is 6. The van der Waals surface area contributed by atoms with Crippen LogP contribution in [-0.4, -0.2) is 49.1 Å². The molecule has 0 aliphatic carbocycles. The lowest BCUT2D eigenvalue weighted by Gasteiger charge is -2.26. The first-order chi connectivity index (χ1) is 13.1. The molecule has 1 aliphatic heterocycles. The Kier molecular flexibility index (Phi) is 5.90. The average molecular weight is 370 g/mol. The number of methoxy groups -OCH3 is 2. The van der Waals surface area contributed by atoms with Crippen LogP contribution in [0.25, 0.3) is 0 Å². The molecule has 0 unspecified atom stereocenters. The summed E-state index contributed by atoms with van der Waals surface area (Å²) in [5.41, 5.74) is 1.07. The predicted molar refractivity (Wildman–Crippen MR) is 97.8 cm³/mol. The third-order valence-corrected chi connectivity index (χ3v) is 4.57. The molecular weight excluding hydrogens is 348 g/mol. The maximum absolute atomic E-state index is 12.7. The zero-order chi connectivity index (χ0) is 19.2. The van der Waals surface area contributed by atoms with Crippen molar-refractivity contribution in [2.75, 3.05) is 27.4 Å². The number of hydrogen-bond donors (Lipinski definition) is 0. The van der Waals surface area contributed by atoms with Crippen LogP contribution in [0.15, 0.2) is 42.6 Å². The number of likely N-dealkylation sites (tertiary alicyclic amines) is 1. The Labute approximate surface area is 157 Å². The molecule has 0 bridgehead atoms. The fourth-order valence-corrected chi connectivity index (χ4v) is 3.26. The average Bonchev–Trinajstić information content (AvgIpc) is 3.21. The molecule has 0 radical (unpaired) electrons. The third kappa shape index (κ3) is 4.19. The summed E-state index contributed by atoms with van der Waals surface area (Å²) < 4.78 is 15.9. The quantitative estimate of drug-likeness (QED) is 0.728. The SMILES string of the molecule is COc1ccc(OC)c([C@H]2CCCN2C(=O)COC(=O)c2ccccn2)c1. The summed E-state index contributed by atoms with van der Waals surface area (Å²) in [5, 5.41) is 0. The summed E-state index contributed by atoms with van der Waals surface area (Å²) >= 11 is 0. The van der Waals surface area contributed by atoms with Crippen LogP contribution in [0, 0.1) is 0 Å². The van der Waals surface area contributed by atoms with Gasteiger partial charge >= 0.3 is 5.97 Å². The second-order valence-electron chi connectivity index (χ2n) is 6.14. The van der Waals surface area contributed by atoms with Gasteiger partial charge in [0.15, 0.2) is 6.61 Å². The number of aromatic nitrogens is 1. The maximum atomic E-state index is 12.7. The Morgan fingerprint density at radius 2 is 2.04 bits per heavy atom. The van der Waals surface area contributed by atoms with Crippen molar-refractivity contribution in [1.82, 2.24) is 9.88 Å². The molecule has 1 aromatic carbocycles. The van der Waals surface area contributed by atoms with E-state index in [9.17, 15) is 9.59 Å². The fraction of sp³-hybridized carbons (Fsp3) is 0.350. The molecule has 1 amide bonds. The molecule has 1 aromatic heterocycles. The largest absolute Gasteiger partial charge is 0.497 e. The number of benzene rings is 1. The fourth-order valence-electron chi connectivity index (χ4n) is 3.26. The molecule has 1 saturated heterocycles. The van der Waals surface area contributed by atoms with Gasteiger partial charge in [-0.1, -0.05) is 6.07 Å². The van der Waals surface area contributed by atoms with E-state index in [1.807, 2.05) is 18.2 Å². The molecule has 0 spiro atoms. The summed E-state index contributed by atoms with van der Waals surface area (Å²) in [4.78, 5) is 30.3. The van der Waals surface area contributed by atoms with Crippen LogP contribution in [0.2, 0.25) is 0 Å². The molecule has 1 atom stereocenters. The molecule has 2 aromatic rings. The van der Waals surface area contributed by atoms with Crippen molar-refractivity contribution in [2.45, 2.75) is 18.9 Å². The molecular formula is C20H22N2O5. The van der Waals surface area contributed by atoms with Crippen molar-refractivity contribution in [2.24, 2.45) is 0 Å². The summed E-state index contributed by atoms with van der Waals surface area (Å²) in [5.74, 6) is 0.544. The van der Waals surface area contributed by atoms with Crippen LogP contribution < -0.4 is 9.47 Å². The molecule has 7 nitrogen and oxygen atoms in total. The number of ether oxygens (including phenoxy) is 3. The zero-order valence-corrected chi connectivity index (χ0v) is 15.4. The monoisotopic (exact) mass is 370 g/mol.